The number of carbonyl (C=O) groups is 1. The predicted molar refractivity (Wildman–Crippen MR) is 86.2 cm³/mol. The third kappa shape index (κ3) is 5.92. The molecule has 2 aromatic carbocycles. The number of nitrogens with zero attached hydrogens (tertiary/aromatic N) is 1. The lowest BCUT2D eigenvalue weighted by molar-refractivity contribution is -0.0543. The molecular formula is C16H11ClF4N2O3. The van der Waals surface area contributed by atoms with Crippen LogP contribution in [0.4, 0.5) is 17.6 Å². The molecule has 0 atom stereocenters. The lowest BCUT2D eigenvalue weighted by atomic mass is 10.2. The summed E-state index contributed by atoms with van der Waals surface area (Å²) in [6.45, 7) is -6.31. The number of halogens is 5. The van der Waals surface area contributed by atoms with Crippen LogP contribution in [-0.4, -0.2) is 25.3 Å². The van der Waals surface area contributed by atoms with Gasteiger partial charge in [-0.2, -0.15) is 22.7 Å². The second-order valence-electron chi connectivity index (χ2n) is 4.66. The maximum absolute atomic E-state index is 12.5. The van der Waals surface area contributed by atoms with Crippen LogP contribution in [0.2, 0.25) is 5.02 Å². The van der Waals surface area contributed by atoms with Gasteiger partial charge in [0.25, 0.3) is 5.91 Å². The van der Waals surface area contributed by atoms with Crippen molar-refractivity contribution in [1.82, 2.24) is 5.43 Å². The van der Waals surface area contributed by atoms with Crippen molar-refractivity contribution < 1.29 is 31.8 Å². The van der Waals surface area contributed by atoms with Gasteiger partial charge in [-0.05, 0) is 36.4 Å². The van der Waals surface area contributed by atoms with E-state index in [1.165, 1.54) is 30.3 Å². The maximum Gasteiger partial charge on any atom is 0.387 e. The number of amides is 1. The van der Waals surface area contributed by atoms with Gasteiger partial charge in [-0.25, -0.2) is 5.43 Å². The van der Waals surface area contributed by atoms with E-state index in [1.807, 2.05) is 0 Å². The van der Waals surface area contributed by atoms with Gasteiger partial charge in [0, 0.05) is 22.2 Å². The van der Waals surface area contributed by atoms with Crippen LogP contribution in [0.5, 0.6) is 11.5 Å². The van der Waals surface area contributed by atoms with E-state index in [1.54, 1.807) is 0 Å². The van der Waals surface area contributed by atoms with E-state index < -0.39 is 24.9 Å². The summed E-state index contributed by atoms with van der Waals surface area (Å²) in [5.74, 6) is -1.37. The Balaban J connectivity index is 2.12. The molecule has 0 aliphatic carbocycles. The van der Waals surface area contributed by atoms with E-state index >= 15 is 0 Å². The molecule has 138 valence electrons. The fraction of sp³-hybridized carbons (Fsp3) is 0.125. The Hall–Kier alpha value is -2.81. The molecule has 0 aliphatic rings. The quantitative estimate of drug-likeness (QED) is 0.435. The minimum Gasteiger partial charge on any atom is -0.435 e. The molecule has 0 aromatic heterocycles. The molecule has 26 heavy (non-hydrogen) atoms. The summed E-state index contributed by atoms with van der Waals surface area (Å²) < 4.78 is 57.7. The van der Waals surface area contributed by atoms with Gasteiger partial charge in [0.2, 0.25) is 0 Å². The van der Waals surface area contributed by atoms with Crippen LogP contribution in [0.3, 0.4) is 0 Å². The number of rotatable bonds is 7. The van der Waals surface area contributed by atoms with E-state index in [2.05, 4.69) is 20.0 Å². The molecule has 0 radical (unpaired) electrons. The Morgan fingerprint density at radius 2 is 1.69 bits per heavy atom. The summed E-state index contributed by atoms with van der Waals surface area (Å²) >= 11 is 5.71. The Labute approximate surface area is 150 Å². The predicted octanol–water partition coefficient (Wildman–Crippen LogP) is 4.31. The van der Waals surface area contributed by atoms with Gasteiger partial charge in [0.05, 0.1) is 6.21 Å². The van der Waals surface area contributed by atoms with Crippen LogP contribution in [0.15, 0.2) is 47.6 Å². The lowest BCUT2D eigenvalue weighted by Crippen LogP contribution is -2.17. The first-order valence-corrected chi connectivity index (χ1v) is 7.35. The molecule has 0 bridgehead atoms. The highest BCUT2D eigenvalue weighted by molar-refractivity contribution is 6.30. The SMILES string of the molecule is O=C(N/N=C/c1ccc(OC(F)F)cc1OC(F)F)c1ccc(Cl)cc1. The zero-order chi connectivity index (χ0) is 19.1. The smallest absolute Gasteiger partial charge is 0.387 e. The van der Waals surface area contributed by atoms with Gasteiger partial charge in [0.15, 0.2) is 0 Å². The van der Waals surface area contributed by atoms with Gasteiger partial charge < -0.3 is 9.47 Å². The molecule has 2 rings (SSSR count). The lowest BCUT2D eigenvalue weighted by Gasteiger charge is -2.10. The molecule has 0 unspecified atom stereocenters. The number of nitrogens with one attached hydrogen (secondary N) is 1. The first-order chi connectivity index (χ1) is 12.3. The van der Waals surface area contributed by atoms with E-state index in [0.29, 0.717) is 5.02 Å². The second kappa shape index (κ2) is 9.04. The molecule has 0 saturated heterocycles. The summed E-state index contributed by atoms with van der Waals surface area (Å²) in [5.41, 5.74) is 2.48. The highest BCUT2D eigenvalue weighted by Gasteiger charge is 2.12. The average molecular weight is 391 g/mol. The molecule has 0 aliphatic heterocycles. The largest absolute Gasteiger partial charge is 0.435 e. The molecule has 2 aromatic rings. The molecule has 1 N–H and O–H groups in total. The van der Waals surface area contributed by atoms with Crippen molar-refractivity contribution in [2.45, 2.75) is 13.2 Å². The number of hydrogen-bond acceptors (Lipinski definition) is 4. The number of alkyl halides is 4. The van der Waals surface area contributed by atoms with Crippen LogP contribution < -0.4 is 14.9 Å². The van der Waals surface area contributed by atoms with E-state index in [9.17, 15) is 22.4 Å². The molecule has 5 nitrogen and oxygen atoms in total. The van der Waals surface area contributed by atoms with Crippen molar-refractivity contribution in [2.24, 2.45) is 5.10 Å². The zero-order valence-electron chi connectivity index (χ0n) is 12.8. The van der Waals surface area contributed by atoms with Crippen LogP contribution in [0.1, 0.15) is 15.9 Å². The van der Waals surface area contributed by atoms with Crippen LogP contribution in [-0.2, 0) is 0 Å². The fourth-order valence-corrected chi connectivity index (χ4v) is 1.95. The summed E-state index contributed by atoms with van der Waals surface area (Å²) in [6, 6.07) is 9.11. The molecule has 0 spiro atoms. The summed E-state index contributed by atoms with van der Waals surface area (Å²) in [6.07, 6.45) is 1.03. The van der Waals surface area contributed by atoms with Gasteiger partial charge in [-0.15, -0.1) is 0 Å². The topological polar surface area (TPSA) is 59.9 Å². The molecule has 0 saturated carbocycles. The maximum atomic E-state index is 12.5. The van der Waals surface area contributed by atoms with E-state index in [4.69, 9.17) is 11.6 Å². The third-order valence-corrected chi connectivity index (χ3v) is 3.15. The van der Waals surface area contributed by atoms with Crippen molar-refractivity contribution in [3.8, 4) is 11.5 Å². The summed E-state index contributed by atoms with van der Waals surface area (Å²) in [5, 5.41) is 4.08. The Morgan fingerprint density at radius 3 is 2.31 bits per heavy atom. The average Bonchev–Trinajstić information content (AvgIpc) is 2.56. The fourth-order valence-electron chi connectivity index (χ4n) is 1.82. The van der Waals surface area contributed by atoms with Crippen molar-refractivity contribution in [3.63, 3.8) is 0 Å². The highest BCUT2D eigenvalue weighted by Crippen LogP contribution is 2.26. The van der Waals surface area contributed by atoms with Crippen LogP contribution in [0, 0.1) is 0 Å². The number of benzene rings is 2. The first kappa shape index (κ1) is 19.5. The summed E-state index contributed by atoms with van der Waals surface area (Å²) in [4.78, 5) is 11.9. The van der Waals surface area contributed by atoms with Gasteiger partial charge in [0.1, 0.15) is 11.5 Å². The standard InChI is InChI=1S/C16H11ClF4N2O3/c17-11-4-1-9(2-5-11)14(24)23-22-8-10-3-6-12(25-15(18)19)7-13(10)26-16(20)21/h1-8,15-16H,(H,23,24)/b22-8+. The Kier molecular flexibility index (Phi) is 6.79. The number of hydrogen-bond donors (Lipinski definition) is 1. The van der Waals surface area contributed by atoms with E-state index in [0.717, 1.165) is 18.3 Å². The first-order valence-electron chi connectivity index (χ1n) is 6.98. The van der Waals surface area contributed by atoms with Crippen molar-refractivity contribution in [1.29, 1.82) is 0 Å². The zero-order valence-corrected chi connectivity index (χ0v) is 13.6. The Bertz CT molecular complexity index is 786. The minimum atomic E-state index is -3.19. The monoisotopic (exact) mass is 390 g/mol. The van der Waals surface area contributed by atoms with Crippen molar-refractivity contribution in [3.05, 3.63) is 58.6 Å². The summed E-state index contributed by atoms with van der Waals surface area (Å²) in [7, 11) is 0. The van der Waals surface area contributed by atoms with Crippen molar-refractivity contribution >= 4 is 23.7 Å². The number of ether oxygens (including phenoxy) is 2. The van der Waals surface area contributed by atoms with Crippen molar-refractivity contribution in [2.75, 3.05) is 0 Å². The second-order valence-corrected chi connectivity index (χ2v) is 5.10. The molecule has 0 fully saturated rings. The normalized spacial score (nSPS) is 11.2. The van der Waals surface area contributed by atoms with Crippen LogP contribution in [0.25, 0.3) is 0 Å². The third-order valence-electron chi connectivity index (χ3n) is 2.90. The van der Waals surface area contributed by atoms with Crippen LogP contribution >= 0.6 is 11.6 Å². The highest BCUT2D eigenvalue weighted by atomic mass is 35.5. The van der Waals surface area contributed by atoms with Gasteiger partial charge in [-0.3, -0.25) is 4.79 Å². The van der Waals surface area contributed by atoms with E-state index in [-0.39, 0.29) is 16.9 Å². The Morgan fingerprint density at radius 1 is 1.04 bits per heavy atom. The minimum absolute atomic E-state index is 0.0170. The molecular weight excluding hydrogens is 380 g/mol. The van der Waals surface area contributed by atoms with Gasteiger partial charge >= 0.3 is 13.2 Å². The molecule has 1 amide bonds. The molecule has 0 heterocycles. The van der Waals surface area contributed by atoms with Gasteiger partial charge in [-0.1, -0.05) is 11.6 Å². The molecule has 10 heteroatoms. The number of carbonyl (C=O) groups excluding carboxylic acids is 1. The number of hydrazone groups is 1.